The number of aryl methyl sites for hydroxylation is 1. The molecule has 1 aromatic heterocycles. The van der Waals surface area contributed by atoms with Gasteiger partial charge in [-0.2, -0.15) is 5.10 Å². The van der Waals surface area contributed by atoms with Crippen LogP contribution >= 0.6 is 0 Å². The molecule has 0 aliphatic carbocycles. The molecule has 0 atom stereocenters. The molecule has 4 rings (SSSR count). The van der Waals surface area contributed by atoms with Gasteiger partial charge >= 0.3 is 0 Å². The van der Waals surface area contributed by atoms with Gasteiger partial charge in [-0.25, -0.2) is 31.8 Å². The molecule has 1 heterocycles. The van der Waals surface area contributed by atoms with E-state index in [1.165, 1.54) is 35.0 Å². The van der Waals surface area contributed by atoms with Crippen LogP contribution in [0.3, 0.4) is 0 Å². The van der Waals surface area contributed by atoms with Crippen molar-refractivity contribution < 1.29 is 21.6 Å². The van der Waals surface area contributed by atoms with E-state index in [1.807, 2.05) is 0 Å². The fourth-order valence-electron chi connectivity index (χ4n) is 3.60. The Balaban J connectivity index is 1.65. The third-order valence-corrected chi connectivity index (χ3v) is 7.04. The van der Waals surface area contributed by atoms with Crippen molar-refractivity contribution in [2.45, 2.75) is 16.7 Å². The largest absolute Gasteiger partial charge is 0.321 e. The van der Waals surface area contributed by atoms with E-state index < -0.39 is 26.0 Å². The van der Waals surface area contributed by atoms with E-state index >= 15 is 0 Å². The summed E-state index contributed by atoms with van der Waals surface area (Å²) >= 11 is 0. The number of amides is 1. The number of carbonyl (C=O) groups excluding carboxylic acids is 1. The van der Waals surface area contributed by atoms with Crippen LogP contribution in [-0.4, -0.2) is 32.5 Å². The molecule has 0 saturated carbocycles. The second-order valence-corrected chi connectivity index (χ2v) is 10.7. The number of nitrogens with one attached hydrogen (secondary N) is 1. The lowest BCUT2D eigenvalue weighted by Crippen LogP contribution is -2.20. The minimum atomic E-state index is -4.06. The fraction of sp³-hybridized carbons (Fsp3) is 0.0435. The summed E-state index contributed by atoms with van der Waals surface area (Å²) in [5.74, 6) is -0.535. The number of sulfonamides is 2. The molecule has 0 aliphatic heterocycles. The van der Waals surface area contributed by atoms with Crippen molar-refractivity contribution in [1.82, 2.24) is 9.78 Å². The topological polar surface area (TPSA) is 167 Å². The molecule has 0 radical (unpaired) electrons. The predicted molar refractivity (Wildman–Crippen MR) is 131 cm³/mol. The quantitative estimate of drug-likeness (QED) is 0.359. The van der Waals surface area contributed by atoms with Crippen LogP contribution in [-0.2, 0) is 20.0 Å². The highest BCUT2D eigenvalue weighted by molar-refractivity contribution is 7.89. The number of aromatic nitrogens is 2. The van der Waals surface area contributed by atoms with E-state index in [-0.39, 0.29) is 21.2 Å². The van der Waals surface area contributed by atoms with Gasteiger partial charge in [0, 0.05) is 11.3 Å². The maximum absolute atomic E-state index is 13.1. The van der Waals surface area contributed by atoms with E-state index in [2.05, 4.69) is 10.4 Å². The maximum atomic E-state index is 13.1. The number of nitrogens with two attached hydrogens (primary N) is 2. The van der Waals surface area contributed by atoms with Crippen molar-refractivity contribution in [3.63, 3.8) is 0 Å². The highest BCUT2D eigenvalue weighted by Crippen LogP contribution is 2.28. The summed E-state index contributed by atoms with van der Waals surface area (Å²) in [7, 11) is -7.98. The molecule has 0 saturated heterocycles. The highest BCUT2D eigenvalue weighted by Gasteiger charge is 2.21. The van der Waals surface area contributed by atoms with Gasteiger partial charge in [-0.15, -0.1) is 0 Å². The van der Waals surface area contributed by atoms with Crippen molar-refractivity contribution in [3.05, 3.63) is 90.3 Å². The predicted octanol–water partition coefficient (Wildman–Crippen LogP) is 2.39. The third-order valence-electron chi connectivity index (χ3n) is 5.11. The zero-order valence-corrected chi connectivity index (χ0v) is 20.0. The SMILES string of the molecule is Cc1cc(C(=O)Nc2ccc(-c3ccccc3S(N)(=O)=O)cc2)n(-c2ccccc2S(N)(=O)=O)n1. The monoisotopic (exact) mass is 511 g/mol. The van der Waals surface area contributed by atoms with Crippen molar-refractivity contribution >= 4 is 31.6 Å². The average molecular weight is 512 g/mol. The Hall–Kier alpha value is -3.84. The Labute approximate surface area is 202 Å². The number of primary sulfonamides is 2. The Kier molecular flexibility index (Phi) is 6.30. The molecule has 12 heteroatoms. The van der Waals surface area contributed by atoms with Crippen molar-refractivity contribution in [2.24, 2.45) is 10.3 Å². The summed E-state index contributed by atoms with van der Waals surface area (Å²) in [6.07, 6.45) is 0. The first kappa shape index (κ1) is 24.3. The first-order valence-corrected chi connectivity index (χ1v) is 13.3. The number of nitrogens with zero attached hydrogens (tertiary/aromatic N) is 2. The minimum Gasteiger partial charge on any atom is -0.321 e. The minimum absolute atomic E-state index is 0.00955. The Bertz CT molecular complexity index is 1640. The molecule has 0 bridgehead atoms. The van der Waals surface area contributed by atoms with Gasteiger partial charge in [-0.1, -0.05) is 42.5 Å². The van der Waals surface area contributed by atoms with E-state index in [1.54, 1.807) is 55.5 Å². The summed E-state index contributed by atoms with van der Waals surface area (Å²) in [4.78, 5) is 12.9. The van der Waals surface area contributed by atoms with Crippen molar-refractivity contribution in [2.75, 3.05) is 5.32 Å². The lowest BCUT2D eigenvalue weighted by atomic mass is 10.1. The van der Waals surface area contributed by atoms with Gasteiger partial charge in [-0.05, 0) is 48.9 Å². The Morgan fingerprint density at radius 3 is 2.03 bits per heavy atom. The van der Waals surface area contributed by atoms with Crippen LogP contribution in [0.15, 0.2) is 88.7 Å². The van der Waals surface area contributed by atoms with Gasteiger partial charge in [0.1, 0.15) is 10.6 Å². The van der Waals surface area contributed by atoms with Crippen molar-refractivity contribution in [3.8, 4) is 16.8 Å². The number of hydrogen-bond acceptors (Lipinski definition) is 6. The van der Waals surface area contributed by atoms with Crippen LogP contribution in [0, 0.1) is 6.92 Å². The van der Waals surface area contributed by atoms with Gasteiger partial charge in [-0.3, -0.25) is 4.79 Å². The molecule has 1 amide bonds. The highest BCUT2D eigenvalue weighted by atomic mass is 32.2. The molecule has 180 valence electrons. The van der Waals surface area contributed by atoms with E-state index in [0.717, 1.165) is 0 Å². The number of hydrogen-bond donors (Lipinski definition) is 3. The van der Waals surface area contributed by atoms with Crippen LogP contribution < -0.4 is 15.6 Å². The molecular weight excluding hydrogens is 490 g/mol. The molecule has 0 spiro atoms. The van der Waals surface area contributed by atoms with Gasteiger partial charge in [0.25, 0.3) is 5.91 Å². The van der Waals surface area contributed by atoms with Gasteiger partial charge in [0.05, 0.1) is 16.3 Å². The standard InChI is InChI=1S/C23H21N5O5S2/c1-15-14-20(28(27-15)19-7-3-5-9-22(19)35(25,32)33)23(29)26-17-12-10-16(11-13-17)18-6-2-4-8-21(18)34(24,30)31/h2-14H,1H3,(H,26,29)(H2,24,30,31)(H2,25,32,33). The van der Waals surface area contributed by atoms with Crippen LogP contribution in [0.4, 0.5) is 5.69 Å². The number of anilines is 1. The lowest BCUT2D eigenvalue weighted by Gasteiger charge is -2.12. The summed E-state index contributed by atoms with van der Waals surface area (Å²) in [6.45, 7) is 1.67. The summed E-state index contributed by atoms with van der Waals surface area (Å²) < 4.78 is 49.1. The van der Waals surface area contributed by atoms with E-state index in [9.17, 15) is 21.6 Å². The maximum Gasteiger partial charge on any atom is 0.274 e. The van der Waals surface area contributed by atoms with Crippen LogP contribution in [0.2, 0.25) is 0 Å². The van der Waals surface area contributed by atoms with E-state index in [0.29, 0.717) is 22.5 Å². The first-order valence-electron chi connectivity index (χ1n) is 10.2. The summed E-state index contributed by atoms with van der Waals surface area (Å²) in [6, 6.07) is 20.3. The smallest absolute Gasteiger partial charge is 0.274 e. The molecule has 3 aromatic carbocycles. The molecule has 4 aromatic rings. The van der Waals surface area contributed by atoms with Gasteiger partial charge in [0.2, 0.25) is 20.0 Å². The number of para-hydroxylation sites is 1. The lowest BCUT2D eigenvalue weighted by molar-refractivity contribution is 0.101. The average Bonchev–Trinajstić information content (AvgIpc) is 3.20. The molecular formula is C23H21N5O5S2. The third kappa shape index (κ3) is 5.15. The van der Waals surface area contributed by atoms with Crippen LogP contribution in [0.5, 0.6) is 0 Å². The summed E-state index contributed by atoms with van der Waals surface area (Å²) in [5.41, 5.74) is 2.19. The number of benzene rings is 3. The Morgan fingerprint density at radius 1 is 0.829 bits per heavy atom. The normalized spacial score (nSPS) is 11.9. The zero-order valence-electron chi connectivity index (χ0n) is 18.4. The second kappa shape index (κ2) is 9.07. The molecule has 0 aliphatic rings. The second-order valence-electron chi connectivity index (χ2n) is 7.67. The van der Waals surface area contributed by atoms with Crippen LogP contribution in [0.25, 0.3) is 16.8 Å². The fourth-order valence-corrected chi connectivity index (χ4v) is 5.07. The van der Waals surface area contributed by atoms with Crippen LogP contribution in [0.1, 0.15) is 16.2 Å². The molecule has 10 nitrogen and oxygen atoms in total. The summed E-state index contributed by atoms with van der Waals surface area (Å²) in [5, 5.41) is 17.7. The molecule has 5 N–H and O–H groups in total. The van der Waals surface area contributed by atoms with Crippen molar-refractivity contribution in [1.29, 1.82) is 0 Å². The molecule has 0 fully saturated rings. The van der Waals surface area contributed by atoms with Gasteiger partial charge < -0.3 is 5.32 Å². The van der Waals surface area contributed by atoms with E-state index in [4.69, 9.17) is 10.3 Å². The molecule has 0 unspecified atom stereocenters. The van der Waals surface area contributed by atoms with Gasteiger partial charge in [0.15, 0.2) is 0 Å². The Morgan fingerprint density at radius 2 is 1.40 bits per heavy atom. The zero-order chi connectivity index (χ0) is 25.4. The number of carbonyl (C=O) groups is 1. The molecule has 35 heavy (non-hydrogen) atoms. The number of rotatable bonds is 6. The first-order chi connectivity index (χ1) is 16.4.